The predicted molar refractivity (Wildman–Crippen MR) is 105 cm³/mol. The molecule has 4 rings (SSSR count). The molecule has 2 unspecified atom stereocenters. The van der Waals surface area contributed by atoms with Gasteiger partial charge in [-0.05, 0) is 31.7 Å². The van der Waals surface area contributed by atoms with Crippen molar-refractivity contribution in [3.05, 3.63) is 64.2 Å². The summed E-state index contributed by atoms with van der Waals surface area (Å²) in [6, 6.07) is 10.7. The predicted octanol–water partition coefficient (Wildman–Crippen LogP) is 4.16. The molecule has 29 heavy (non-hydrogen) atoms. The molecule has 0 radical (unpaired) electrons. The highest BCUT2D eigenvalue weighted by Crippen LogP contribution is 2.50. The van der Waals surface area contributed by atoms with E-state index in [1.807, 2.05) is 19.9 Å². The number of benzene rings is 2. The molecule has 1 aliphatic heterocycles. The summed E-state index contributed by atoms with van der Waals surface area (Å²) in [5, 5.41) is 10.1. The Balaban J connectivity index is 1.85. The van der Waals surface area contributed by atoms with Gasteiger partial charge in [0.1, 0.15) is 5.75 Å². The quantitative estimate of drug-likeness (QED) is 0.354. The van der Waals surface area contributed by atoms with Gasteiger partial charge in [-0.2, -0.15) is 0 Å². The molecule has 0 saturated carbocycles. The summed E-state index contributed by atoms with van der Waals surface area (Å²) in [6.07, 6.45) is 1.34. The Bertz CT molecular complexity index is 966. The van der Waals surface area contributed by atoms with Gasteiger partial charge in [-0.1, -0.05) is 49.7 Å². The topological polar surface area (TPSA) is 82.1 Å². The molecular formula is C23H24O6. The standard InChI is InChI=1S/C23H24O6/c1-3-4-13-27-22(25)18-11-12-23(29-26)16-8-6-5-7-15(16)20(24)19-17(23)10-9-14(2)21(19)28-18/h5-10,18,26H,3-4,11-13H2,1-2H3. The number of ether oxygens (including phenoxy) is 2. The van der Waals surface area contributed by atoms with Crippen molar-refractivity contribution < 1.29 is 29.2 Å². The number of ketones is 1. The fraction of sp³-hybridized carbons (Fsp3) is 0.391. The Morgan fingerprint density at radius 1 is 1.24 bits per heavy atom. The van der Waals surface area contributed by atoms with Crippen molar-refractivity contribution in [3.63, 3.8) is 0 Å². The number of esters is 1. The van der Waals surface area contributed by atoms with Crippen LogP contribution in [0.15, 0.2) is 36.4 Å². The van der Waals surface area contributed by atoms with Gasteiger partial charge < -0.3 is 9.47 Å². The van der Waals surface area contributed by atoms with Crippen LogP contribution in [0.3, 0.4) is 0 Å². The Labute approximate surface area is 169 Å². The van der Waals surface area contributed by atoms with E-state index in [0.29, 0.717) is 34.6 Å². The van der Waals surface area contributed by atoms with Gasteiger partial charge in [-0.15, -0.1) is 0 Å². The van der Waals surface area contributed by atoms with Crippen molar-refractivity contribution in [2.45, 2.75) is 51.2 Å². The molecule has 0 saturated heterocycles. The molecule has 0 fully saturated rings. The third kappa shape index (κ3) is 3.03. The minimum atomic E-state index is -1.24. The Hall–Kier alpha value is -2.70. The zero-order valence-electron chi connectivity index (χ0n) is 16.6. The number of hydrogen-bond donors (Lipinski definition) is 1. The minimum Gasteiger partial charge on any atom is -0.478 e. The average molecular weight is 396 g/mol. The lowest BCUT2D eigenvalue weighted by Crippen LogP contribution is -2.42. The summed E-state index contributed by atoms with van der Waals surface area (Å²) in [7, 11) is 0. The Morgan fingerprint density at radius 3 is 2.79 bits per heavy atom. The van der Waals surface area contributed by atoms with Crippen molar-refractivity contribution >= 4 is 11.8 Å². The molecule has 6 heteroatoms. The van der Waals surface area contributed by atoms with Gasteiger partial charge in [0.15, 0.2) is 17.5 Å². The molecule has 6 nitrogen and oxygen atoms in total. The van der Waals surface area contributed by atoms with E-state index in [4.69, 9.17) is 14.4 Å². The summed E-state index contributed by atoms with van der Waals surface area (Å²) in [4.78, 5) is 31.1. The van der Waals surface area contributed by atoms with Gasteiger partial charge in [0, 0.05) is 16.7 Å². The number of unbranched alkanes of at least 4 members (excludes halogenated alkanes) is 1. The second-order valence-corrected chi connectivity index (χ2v) is 7.59. The highest BCUT2D eigenvalue weighted by atomic mass is 17.1. The summed E-state index contributed by atoms with van der Waals surface area (Å²) < 4.78 is 11.4. The molecular weight excluding hydrogens is 372 g/mol. The van der Waals surface area contributed by atoms with E-state index in [2.05, 4.69) is 0 Å². The van der Waals surface area contributed by atoms with Crippen LogP contribution in [0.2, 0.25) is 0 Å². The Kier molecular flexibility index (Phi) is 5.15. The van der Waals surface area contributed by atoms with Gasteiger partial charge in [0.05, 0.1) is 12.2 Å². The molecule has 1 heterocycles. The number of rotatable bonds is 5. The fourth-order valence-electron chi connectivity index (χ4n) is 4.24. The van der Waals surface area contributed by atoms with E-state index < -0.39 is 17.7 Å². The van der Waals surface area contributed by atoms with Crippen LogP contribution in [-0.2, 0) is 20.0 Å². The SMILES string of the molecule is CCCCOC(=O)C1CCC2(OO)c3ccccc3C(=O)c3c2ccc(C)c3O1. The minimum absolute atomic E-state index is 0.207. The van der Waals surface area contributed by atoms with Crippen molar-refractivity contribution in [2.24, 2.45) is 0 Å². The highest BCUT2D eigenvalue weighted by Gasteiger charge is 2.49. The van der Waals surface area contributed by atoms with Crippen molar-refractivity contribution in [1.29, 1.82) is 0 Å². The number of carbonyl (C=O) groups is 2. The average Bonchev–Trinajstić information content (AvgIpc) is 2.73. The molecule has 1 N–H and O–H groups in total. The highest BCUT2D eigenvalue weighted by molar-refractivity contribution is 6.15. The summed E-state index contributed by atoms with van der Waals surface area (Å²) in [5.41, 5.74) is 1.44. The van der Waals surface area contributed by atoms with Crippen LogP contribution in [0.5, 0.6) is 5.75 Å². The molecule has 2 aromatic carbocycles. The van der Waals surface area contributed by atoms with E-state index in [9.17, 15) is 14.8 Å². The third-order valence-corrected chi connectivity index (χ3v) is 5.80. The maximum absolute atomic E-state index is 13.3. The van der Waals surface area contributed by atoms with Crippen LogP contribution < -0.4 is 4.74 Å². The van der Waals surface area contributed by atoms with Gasteiger partial charge >= 0.3 is 5.97 Å². The molecule has 0 amide bonds. The van der Waals surface area contributed by atoms with Crippen molar-refractivity contribution in [3.8, 4) is 5.75 Å². The zero-order valence-corrected chi connectivity index (χ0v) is 16.6. The first kappa shape index (κ1) is 19.6. The maximum Gasteiger partial charge on any atom is 0.347 e. The number of fused-ring (bicyclic) bond motifs is 2. The first-order chi connectivity index (χ1) is 14.0. The second-order valence-electron chi connectivity index (χ2n) is 7.59. The molecule has 152 valence electrons. The lowest BCUT2D eigenvalue weighted by atomic mass is 9.70. The summed E-state index contributed by atoms with van der Waals surface area (Å²) in [6.45, 7) is 4.17. The molecule has 2 aromatic rings. The monoisotopic (exact) mass is 396 g/mol. The maximum atomic E-state index is 13.3. The van der Waals surface area contributed by atoms with E-state index in [1.165, 1.54) is 0 Å². The second kappa shape index (κ2) is 7.61. The largest absolute Gasteiger partial charge is 0.478 e. The lowest BCUT2D eigenvalue weighted by molar-refractivity contribution is -0.319. The third-order valence-electron chi connectivity index (χ3n) is 5.80. The van der Waals surface area contributed by atoms with Gasteiger partial charge in [-0.3, -0.25) is 10.1 Å². The van der Waals surface area contributed by atoms with Crippen LogP contribution in [0.25, 0.3) is 0 Å². The first-order valence-corrected chi connectivity index (χ1v) is 9.97. The van der Waals surface area contributed by atoms with Crippen LogP contribution in [0, 0.1) is 6.92 Å². The number of carbonyl (C=O) groups excluding carboxylic acids is 2. The van der Waals surface area contributed by atoms with Crippen LogP contribution >= 0.6 is 0 Å². The molecule has 0 aromatic heterocycles. The molecule has 0 spiro atoms. The van der Waals surface area contributed by atoms with Crippen molar-refractivity contribution in [2.75, 3.05) is 6.61 Å². The fourth-order valence-corrected chi connectivity index (χ4v) is 4.24. The van der Waals surface area contributed by atoms with E-state index in [1.54, 1.807) is 30.3 Å². The molecule has 4 bridgehead atoms. The van der Waals surface area contributed by atoms with Crippen LogP contribution in [0.4, 0.5) is 0 Å². The van der Waals surface area contributed by atoms with Gasteiger partial charge in [-0.25, -0.2) is 9.68 Å². The number of aryl methyl sites for hydroxylation is 1. The first-order valence-electron chi connectivity index (χ1n) is 9.97. The van der Waals surface area contributed by atoms with Crippen LogP contribution in [0.1, 0.15) is 65.2 Å². The van der Waals surface area contributed by atoms with E-state index in [0.717, 1.165) is 18.4 Å². The van der Waals surface area contributed by atoms with Crippen LogP contribution in [-0.4, -0.2) is 29.7 Å². The normalized spacial score (nSPS) is 22.2. The molecule has 2 aliphatic rings. The Morgan fingerprint density at radius 2 is 2.03 bits per heavy atom. The smallest absolute Gasteiger partial charge is 0.347 e. The van der Waals surface area contributed by atoms with E-state index in [-0.39, 0.29) is 18.6 Å². The number of hydrogen-bond acceptors (Lipinski definition) is 6. The van der Waals surface area contributed by atoms with Crippen molar-refractivity contribution in [1.82, 2.24) is 0 Å². The summed E-state index contributed by atoms with van der Waals surface area (Å²) in [5.74, 6) is -0.327. The zero-order chi connectivity index (χ0) is 20.6. The van der Waals surface area contributed by atoms with Gasteiger partial charge in [0.2, 0.25) is 0 Å². The van der Waals surface area contributed by atoms with Gasteiger partial charge in [0.25, 0.3) is 0 Å². The molecule has 1 aliphatic carbocycles. The lowest BCUT2D eigenvalue weighted by Gasteiger charge is -2.40. The molecule has 2 atom stereocenters. The van der Waals surface area contributed by atoms with E-state index >= 15 is 0 Å². The summed E-state index contributed by atoms with van der Waals surface area (Å²) >= 11 is 0.